The molecule has 3 rings (SSSR count). The van der Waals surface area contributed by atoms with E-state index in [1.54, 1.807) is 6.08 Å². The van der Waals surface area contributed by atoms with E-state index in [2.05, 4.69) is 16.4 Å². The van der Waals surface area contributed by atoms with Crippen LogP contribution in [0, 0.1) is 0 Å². The smallest absolute Gasteiger partial charge is 0.244 e. The molecule has 1 heterocycles. The number of fused-ring (bicyclic) bond motifs is 1. The van der Waals surface area contributed by atoms with Gasteiger partial charge in [0, 0.05) is 29.7 Å². The molecule has 2 N–H and O–H groups in total. The molecule has 0 spiro atoms. The van der Waals surface area contributed by atoms with Crippen LogP contribution in [0.2, 0.25) is 0 Å². The number of hydrogen-bond donors (Lipinski definition) is 2. The van der Waals surface area contributed by atoms with Crippen LogP contribution in [0.4, 0.5) is 0 Å². The predicted molar refractivity (Wildman–Crippen MR) is 90.2 cm³/mol. The number of rotatable bonds is 4. The third-order valence-corrected chi connectivity index (χ3v) is 3.70. The summed E-state index contributed by atoms with van der Waals surface area (Å²) in [6.07, 6.45) is 3.59. The normalized spacial score (nSPS) is 11.6. The van der Waals surface area contributed by atoms with Crippen LogP contribution in [-0.4, -0.2) is 10.9 Å². The standard InChI is InChI=1S/C19H18N2O/c1-14(15-7-3-2-4-8-15)11-19(22)21-13-16-12-20-18-10-6-5-9-17(16)18/h2-12,20H,13H2,1H3,(H,21,22)/b14-11+. The Morgan fingerprint density at radius 3 is 2.64 bits per heavy atom. The van der Waals surface area contributed by atoms with E-state index in [1.165, 1.54) is 0 Å². The van der Waals surface area contributed by atoms with Gasteiger partial charge < -0.3 is 10.3 Å². The zero-order valence-electron chi connectivity index (χ0n) is 12.5. The Morgan fingerprint density at radius 2 is 1.82 bits per heavy atom. The Hall–Kier alpha value is -2.81. The van der Waals surface area contributed by atoms with Gasteiger partial charge in [0.15, 0.2) is 0 Å². The first-order valence-corrected chi connectivity index (χ1v) is 7.30. The summed E-state index contributed by atoms with van der Waals surface area (Å²) in [5.41, 5.74) is 4.19. The molecule has 0 saturated heterocycles. The number of aromatic nitrogens is 1. The van der Waals surface area contributed by atoms with E-state index < -0.39 is 0 Å². The summed E-state index contributed by atoms with van der Waals surface area (Å²) in [5, 5.41) is 4.09. The van der Waals surface area contributed by atoms with Crippen molar-refractivity contribution in [2.75, 3.05) is 0 Å². The van der Waals surface area contributed by atoms with E-state index in [1.807, 2.05) is 61.7 Å². The van der Waals surface area contributed by atoms with Crippen LogP contribution in [0.3, 0.4) is 0 Å². The van der Waals surface area contributed by atoms with Crippen LogP contribution in [0.1, 0.15) is 18.1 Å². The minimum atomic E-state index is -0.0772. The Bertz CT molecular complexity index is 816. The Kier molecular flexibility index (Phi) is 4.05. The molecule has 0 bridgehead atoms. The Balaban J connectivity index is 1.68. The summed E-state index contributed by atoms with van der Waals surface area (Å²) in [7, 11) is 0. The number of H-pyrrole nitrogens is 1. The third-order valence-electron chi connectivity index (χ3n) is 3.70. The SMILES string of the molecule is C/C(=C\C(=O)NCc1c[nH]c2ccccc12)c1ccccc1. The number of carbonyl (C=O) groups is 1. The van der Waals surface area contributed by atoms with Crippen LogP contribution in [0.5, 0.6) is 0 Å². The van der Waals surface area contributed by atoms with Gasteiger partial charge in [0.05, 0.1) is 0 Å². The average Bonchev–Trinajstić information content (AvgIpc) is 2.97. The first kappa shape index (κ1) is 14.1. The largest absolute Gasteiger partial charge is 0.361 e. The number of nitrogens with one attached hydrogen (secondary N) is 2. The summed E-state index contributed by atoms with van der Waals surface area (Å²) < 4.78 is 0. The number of para-hydroxylation sites is 1. The number of aromatic amines is 1. The van der Waals surface area contributed by atoms with Gasteiger partial charge in [0.1, 0.15) is 0 Å². The maximum Gasteiger partial charge on any atom is 0.244 e. The highest BCUT2D eigenvalue weighted by atomic mass is 16.1. The van der Waals surface area contributed by atoms with Crippen molar-refractivity contribution >= 4 is 22.4 Å². The van der Waals surface area contributed by atoms with Gasteiger partial charge >= 0.3 is 0 Å². The quantitative estimate of drug-likeness (QED) is 0.704. The predicted octanol–water partition coefficient (Wildman–Crippen LogP) is 3.89. The molecule has 2 aromatic carbocycles. The summed E-state index contributed by atoms with van der Waals surface area (Å²) in [6, 6.07) is 18.0. The first-order chi connectivity index (χ1) is 10.7. The van der Waals surface area contributed by atoms with Gasteiger partial charge in [-0.1, -0.05) is 48.5 Å². The van der Waals surface area contributed by atoms with Gasteiger partial charge in [-0.2, -0.15) is 0 Å². The molecule has 3 heteroatoms. The lowest BCUT2D eigenvalue weighted by Gasteiger charge is -2.04. The molecule has 0 fully saturated rings. The summed E-state index contributed by atoms with van der Waals surface area (Å²) in [6.45, 7) is 2.46. The lowest BCUT2D eigenvalue weighted by molar-refractivity contribution is -0.116. The number of hydrogen-bond acceptors (Lipinski definition) is 1. The number of benzene rings is 2. The van der Waals surface area contributed by atoms with Gasteiger partial charge in [-0.05, 0) is 29.7 Å². The van der Waals surface area contributed by atoms with Crippen molar-refractivity contribution < 1.29 is 4.79 Å². The van der Waals surface area contributed by atoms with Crippen LogP contribution < -0.4 is 5.32 Å². The number of amides is 1. The fourth-order valence-electron chi connectivity index (χ4n) is 2.49. The van der Waals surface area contributed by atoms with E-state index >= 15 is 0 Å². The second-order valence-electron chi connectivity index (χ2n) is 5.27. The zero-order chi connectivity index (χ0) is 15.4. The monoisotopic (exact) mass is 290 g/mol. The maximum atomic E-state index is 12.1. The van der Waals surface area contributed by atoms with Crippen molar-refractivity contribution in [2.45, 2.75) is 13.5 Å². The number of carbonyl (C=O) groups excluding carboxylic acids is 1. The van der Waals surface area contributed by atoms with Gasteiger partial charge in [0.2, 0.25) is 5.91 Å². The highest BCUT2D eigenvalue weighted by molar-refractivity contribution is 5.95. The summed E-state index contributed by atoms with van der Waals surface area (Å²) in [4.78, 5) is 15.3. The van der Waals surface area contributed by atoms with E-state index in [0.717, 1.165) is 27.6 Å². The van der Waals surface area contributed by atoms with E-state index in [9.17, 15) is 4.79 Å². The molecule has 0 aliphatic rings. The molecule has 1 aromatic heterocycles. The zero-order valence-corrected chi connectivity index (χ0v) is 12.5. The summed E-state index contributed by atoms with van der Waals surface area (Å²) in [5.74, 6) is -0.0772. The molecule has 1 amide bonds. The lowest BCUT2D eigenvalue weighted by atomic mass is 10.1. The molecule has 0 aliphatic carbocycles. The first-order valence-electron chi connectivity index (χ1n) is 7.30. The third kappa shape index (κ3) is 3.09. The van der Waals surface area contributed by atoms with Crippen LogP contribution in [-0.2, 0) is 11.3 Å². The van der Waals surface area contributed by atoms with Crippen LogP contribution >= 0.6 is 0 Å². The fraction of sp³-hybridized carbons (Fsp3) is 0.105. The minimum Gasteiger partial charge on any atom is -0.361 e. The molecule has 0 unspecified atom stereocenters. The maximum absolute atomic E-state index is 12.1. The number of allylic oxidation sites excluding steroid dienone is 1. The Morgan fingerprint density at radius 1 is 1.09 bits per heavy atom. The van der Waals surface area contributed by atoms with Gasteiger partial charge in [0.25, 0.3) is 0 Å². The molecule has 0 aliphatic heterocycles. The highest BCUT2D eigenvalue weighted by Crippen LogP contribution is 2.17. The van der Waals surface area contributed by atoms with Crippen molar-refractivity contribution in [1.82, 2.24) is 10.3 Å². The summed E-state index contributed by atoms with van der Waals surface area (Å²) >= 11 is 0. The second-order valence-corrected chi connectivity index (χ2v) is 5.27. The van der Waals surface area contributed by atoms with Gasteiger partial charge in [-0.15, -0.1) is 0 Å². The molecule has 0 saturated carbocycles. The van der Waals surface area contributed by atoms with Crippen molar-refractivity contribution in [3.05, 3.63) is 78.0 Å². The lowest BCUT2D eigenvalue weighted by Crippen LogP contribution is -2.20. The van der Waals surface area contributed by atoms with Crippen molar-refractivity contribution in [3.8, 4) is 0 Å². The van der Waals surface area contributed by atoms with E-state index in [4.69, 9.17) is 0 Å². The minimum absolute atomic E-state index is 0.0772. The molecule has 3 nitrogen and oxygen atoms in total. The van der Waals surface area contributed by atoms with Crippen molar-refractivity contribution in [2.24, 2.45) is 0 Å². The van der Waals surface area contributed by atoms with Crippen LogP contribution in [0.15, 0.2) is 66.9 Å². The molecular weight excluding hydrogens is 272 g/mol. The highest BCUT2D eigenvalue weighted by Gasteiger charge is 2.04. The molecule has 0 radical (unpaired) electrons. The van der Waals surface area contributed by atoms with E-state index in [0.29, 0.717) is 6.54 Å². The fourth-order valence-corrected chi connectivity index (χ4v) is 2.49. The molecule has 110 valence electrons. The van der Waals surface area contributed by atoms with Crippen LogP contribution in [0.25, 0.3) is 16.5 Å². The Labute approximate surface area is 129 Å². The van der Waals surface area contributed by atoms with E-state index in [-0.39, 0.29) is 5.91 Å². The molecule has 3 aromatic rings. The molecular formula is C19H18N2O. The molecule has 0 atom stereocenters. The van der Waals surface area contributed by atoms with Gasteiger partial charge in [-0.25, -0.2) is 0 Å². The topological polar surface area (TPSA) is 44.9 Å². The second kappa shape index (κ2) is 6.31. The van der Waals surface area contributed by atoms with Crippen molar-refractivity contribution in [3.63, 3.8) is 0 Å². The van der Waals surface area contributed by atoms with Gasteiger partial charge in [-0.3, -0.25) is 4.79 Å². The molecule has 22 heavy (non-hydrogen) atoms. The average molecular weight is 290 g/mol. The van der Waals surface area contributed by atoms with Crippen molar-refractivity contribution in [1.29, 1.82) is 0 Å².